The Labute approximate surface area is 162 Å². The molecule has 144 valence electrons. The number of nitrogens with zero attached hydrogens (tertiary/aromatic N) is 4. The van der Waals surface area contributed by atoms with Crippen LogP contribution in [0.15, 0.2) is 42.9 Å². The van der Waals surface area contributed by atoms with E-state index in [4.69, 9.17) is 4.74 Å². The molecule has 1 amide bonds. The minimum atomic E-state index is -0.626. The number of aryl methyl sites for hydroxylation is 1. The van der Waals surface area contributed by atoms with Gasteiger partial charge in [-0.25, -0.2) is 14.8 Å². The van der Waals surface area contributed by atoms with Crippen molar-refractivity contribution in [3.63, 3.8) is 0 Å². The molecule has 0 atom stereocenters. The van der Waals surface area contributed by atoms with Crippen LogP contribution in [0.5, 0.6) is 0 Å². The highest BCUT2D eigenvalue weighted by molar-refractivity contribution is 6.01. The second-order valence-electron chi connectivity index (χ2n) is 6.75. The van der Waals surface area contributed by atoms with E-state index >= 15 is 0 Å². The molecule has 0 bridgehead atoms. The summed E-state index contributed by atoms with van der Waals surface area (Å²) in [7, 11) is 0. The van der Waals surface area contributed by atoms with Gasteiger partial charge in [0.25, 0.3) is 5.91 Å². The smallest absolute Gasteiger partial charge is 0.358 e. The van der Waals surface area contributed by atoms with E-state index in [9.17, 15) is 9.59 Å². The first-order valence-electron chi connectivity index (χ1n) is 9.16. The van der Waals surface area contributed by atoms with Crippen LogP contribution in [0, 0.1) is 6.92 Å². The van der Waals surface area contributed by atoms with Gasteiger partial charge >= 0.3 is 5.97 Å². The van der Waals surface area contributed by atoms with Crippen LogP contribution >= 0.6 is 0 Å². The Morgan fingerprint density at radius 1 is 1.14 bits per heavy atom. The number of hydrogen-bond acceptors (Lipinski definition) is 6. The third kappa shape index (κ3) is 3.66. The van der Waals surface area contributed by atoms with Crippen molar-refractivity contribution in [1.29, 1.82) is 0 Å². The Balaban J connectivity index is 1.31. The Kier molecular flexibility index (Phi) is 4.92. The quantitative estimate of drug-likeness (QED) is 0.695. The van der Waals surface area contributed by atoms with E-state index in [1.54, 1.807) is 17.2 Å². The molecule has 0 aliphatic carbocycles. The summed E-state index contributed by atoms with van der Waals surface area (Å²) in [5.41, 5.74) is 3.09. The van der Waals surface area contributed by atoms with Gasteiger partial charge in [0.15, 0.2) is 12.3 Å². The van der Waals surface area contributed by atoms with Crippen molar-refractivity contribution in [2.45, 2.75) is 6.92 Å². The molecular formula is C20H21N5O3. The molecule has 0 saturated carbocycles. The van der Waals surface area contributed by atoms with Gasteiger partial charge in [0.1, 0.15) is 12.0 Å². The highest BCUT2D eigenvalue weighted by atomic mass is 16.5. The zero-order valence-electron chi connectivity index (χ0n) is 15.6. The fourth-order valence-electron chi connectivity index (χ4n) is 3.36. The van der Waals surface area contributed by atoms with Crippen molar-refractivity contribution in [2.24, 2.45) is 0 Å². The summed E-state index contributed by atoms with van der Waals surface area (Å²) < 4.78 is 5.20. The number of anilines is 1. The summed E-state index contributed by atoms with van der Waals surface area (Å²) in [5, 5.41) is 0.576. The van der Waals surface area contributed by atoms with Crippen LogP contribution in [-0.4, -0.2) is 64.5 Å². The van der Waals surface area contributed by atoms with Crippen LogP contribution in [0.25, 0.3) is 11.0 Å². The number of piperazine rings is 1. The van der Waals surface area contributed by atoms with Gasteiger partial charge in [0.05, 0.1) is 5.39 Å². The third-order valence-electron chi connectivity index (χ3n) is 4.87. The molecule has 28 heavy (non-hydrogen) atoms. The number of fused-ring (bicyclic) bond motifs is 1. The third-order valence-corrected chi connectivity index (χ3v) is 4.87. The van der Waals surface area contributed by atoms with Crippen molar-refractivity contribution < 1.29 is 14.3 Å². The van der Waals surface area contributed by atoms with Crippen molar-refractivity contribution in [3.8, 4) is 0 Å². The van der Waals surface area contributed by atoms with Gasteiger partial charge in [-0.3, -0.25) is 4.79 Å². The molecule has 1 saturated heterocycles. The monoisotopic (exact) mass is 379 g/mol. The second kappa shape index (κ2) is 7.67. The van der Waals surface area contributed by atoms with Gasteiger partial charge in [0, 0.05) is 38.1 Å². The highest BCUT2D eigenvalue weighted by Gasteiger charge is 2.23. The number of amides is 1. The van der Waals surface area contributed by atoms with Crippen LogP contribution in [0.1, 0.15) is 16.1 Å². The number of ether oxygens (including phenoxy) is 1. The number of aromatic nitrogens is 3. The van der Waals surface area contributed by atoms with Crippen molar-refractivity contribution in [3.05, 3.63) is 54.1 Å². The van der Waals surface area contributed by atoms with E-state index in [1.807, 2.05) is 6.07 Å². The molecular weight excluding hydrogens is 358 g/mol. The Hall–Kier alpha value is -3.42. The number of benzene rings is 1. The zero-order chi connectivity index (χ0) is 19.5. The lowest BCUT2D eigenvalue weighted by Crippen LogP contribution is -2.50. The average Bonchev–Trinajstić information content (AvgIpc) is 3.21. The fraction of sp³-hybridized carbons (Fsp3) is 0.300. The SMILES string of the molecule is Cc1cccc(N2CCN(C(=O)COC(=O)c3ncnc4[nH]ccc34)CC2)c1. The van der Waals surface area contributed by atoms with E-state index in [2.05, 4.69) is 45.0 Å². The number of H-pyrrole nitrogens is 1. The number of hydrogen-bond donors (Lipinski definition) is 1. The van der Waals surface area contributed by atoms with Crippen molar-refractivity contribution in [1.82, 2.24) is 19.9 Å². The molecule has 1 aliphatic rings. The van der Waals surface area contributed by atoms with E-state index in [-0.39, 0.29) is 18.2 Å². The Morgan fingerprint density at radius 2 is 1.96 bits per heavy atom. The molecule has 4 rings (SSSR count). The molecule has 1 fully saturated rings. The standard InChI is InChI=1S/C20H21N5O3/c1-14-3-2-4-15(11-14)24-7-9-25(10-8-24)17(26)12-28-20(27)18-16-5-6-21-19(16)23-13-22-18/h2-6,11,13H,7-10,12H2,1H3,(H,21,22,23). The minimum absolute atomic E-state index is 0.156. The molecule has 1 aliphatic heterocycles. The van der Waals surface area contributed by atoms with Crippen molar-refractivity contribution in [2.75, 3.05) is 37.7 Å². The van der Waals surface area contributed by atoms with E-state index < -0.39 is 5.97 Å². The summed E-state index contributed by atoms with van der Waals surface area (Å²) in [6, 6.07) is 10.0. The maximum absolute atomic E-state index is 12.4. The van der Waals surface area contributed by atoms with Gasteiger partial charge in [0.2, 0.25) is 0 Å². The van der Waals surface area contributed by atoms with Crippen LogP contribution in [-0.2, 0) is 9.53 Å². The Bertz CT molecular complexity index is 1010. The van der Waals surface area contributed by atoms with Gasteiger partial charge in [-0.15, -0.1) is 0 Å². The van der Waals surface area contributed by atoms with Crippen LogP contribution < -0.4 is 4.90 Å². The number of aromatic amines is 1. The molecule has 3 heterocycles. The summed E-state index contributed by atoms with van der Waals surface area (Å²) in [6.07, 6.45) is 2.97. The van der Waals surface area contributed by atoms with Gasteiger partial charge < -0.3 is 19.5 Å². The summed E-state index contributed by atoms with van der Waals surface area (Å²) in [6.45, 7) is 4.47. The molecule has 1 N–H and O–H groups in total. The molecule has 0 spiro atoms. The lowest BCUT2D eigenvalue weighted by molar-refractivity contribution is -0.134. The highest BCUT2D eigenvalue weighted by Crippen LogP contribution is 2.18. The van der Waals surface area contributed by atoms with E-state index in [0.29, 0.717) is 24.1 Å². The number of rotatable bonds is 4. The first kappa shape index (κ1) is 18.0. The lowest BCUT2D eigenvalue weighted by atomic mass is 10.2. The normalized spacial score (nSPS) is 14.3. The van der Waals surface area contributed by atoms with Crippen LogP contribution in [0.4, 0.5) is 5.69 Å². The van der Waals surface area contributed by atoms with Gasteiger partial charge in [-0.05, 0) is 30.7 Å². The van der Waals surface area contributed by atoms with Crippen molar-refractivity contribution >= 4 is 28.6 Å². The maximum atomic E-state index is 12.4. The first-order chi connectivity index (χ1) is 13.6. The summed E-state index contributed by atoms with van der Waals surface area (Å²) in [5.74, 6) is -0.824. The Morgan fingerprint density at radius 3 is 2.75 bits per heavy atom. The van der Waals surface area contributed by atoms with Crippen LogP contribution in [0.3, 0.4) is 0 Å². The zero-order valence-corrected chi connectivity index (χ0v) is 15.6. The molecule has 8 heteroatoms. The maximum Gasteiger partial charge on any atom is 0.358 e. The summed E-state index contributed by atoms with van der Waals surface area (Å²) in [4.78, 5) is 39.7. The second-order valence-corrected chi connectivity index (χ2v) is 6.75. The largest absolute Gasteiger partial charge is 0.451 e. The predicted octanol–water partition coefficient (Wildman–Crippen LogP) is 1.77. The summed E-state index contributed by atoms with van der Waals surface area (Å²) >= 11 is 0. The van der Waals surface area contributed by atoms with Crippen LogP contribution in [0.2, 0.25) is 0 Å². The number of carbonyl (C=O) groups excluding carboxylic acids is 2. The molecule has 0 radical (unpaired) electrons. The number of nitrogens with one attached hydrogen (secondary N) is 1. The molecule has 0 unspecified atom stereocenters. The van der Waals surface area contributed by atoms with Gasteiger partial charge in [-0.2, -0.15) is 0 Å². The number of esters is 1. The lowest BCUT2D eigenvalue weighted by Gasteiger charge is -2.36. The molecule has 8 nitrogen and oxygen atoms in total. The topological polar surface area (TPSA) is 91.4 Å². The van der Waals surface area contributed by atoms with Gasteiger partial charge in [-0.1, -0.05) is 12.1 Å². The minimum Gasteiger partial charge on any atom is -0.451 e. The fourth-order valence-corrected chi connectivity index (χ4v) is 3.36. The molecule has 3 aromatic rings. The number of carbonyl (C=O) groups is 2. The molecule has 2 aromatic heterocycles. The molecule has 1 aromatic carbocycles. The predicted molar refractivity (Wildman–Crippen MR) is 104 cm³/mol. The first-order valence-corrected chi connectivity index (χ1v) is 9.16. The van der Waals surface area contributed by atoms with E-state index in [1.165, 1.54) is 11.9 Å². The average molecular weight is 379 g/mol. The van der Waals surface area contributed by atoms with E-state index in [0.717, 1.165) is 18.8 Å².